The third-order valence-corrected chi connectivity index (χ3v) is 3.62. The molecule has 19 heavy (non-hydrogen) atoms. The highest BCUT2D eigenvalue weighted by Gasteiger charge is 2.19. The highest BCUT2D eigenvalue weighted by atomic mass is 16.1. The predicted octanol–water partition coefficient (Wildman–Crippen LogP) is 1.62. The SMILES string of the molecule is CC1CCC(NC(=O)c2cccc(N(C)C)c2)CN1. The van der Waals surface area contributed by atoms with Gasteiger partial charge in [0.25, 0.3) is 5.91 Å². The Hall–Kier alpha value is -1.55. The molecule has 1 heterocycles. The molecule has 1 aromatic carbocycles. The van der Waals surface area contributed by atoms with Gasteiger partial charge in [0.15, 0.2) is 0 Å². The topological polar surface area (TPSA) is 44.4 Å². The van der Waals surface area contributed by atoms with Gasteiger partial charge in [-0.15, -0.1) is 0 Å². The summed E-state index contributed by atoms with van der Waals surface area (Å²) >= 11 is 0. The molecule has 4 nitrogen and oxygen atoms in total. The molecule has 104 valence electrons. The van der Waals surface area contributed by atoms with Gasteiger partial charge in [-0.25, -0.2) is 0 Å². The third kappa shape index (κ3) is 3.70. The molecule has 2 rings (SSSR count). The number of nitrogens with zero attached hydrogens (tertiary/aromatic N) is 1. The van der Waals surface area contributed by atoms with E-state index in [1.54, 1.807) is 0 Å². The Bertz CT molecular complexity index is 437. The van der Waals surface area contributed by atoms with Crippen molar-refractivity contribution in [3.8, 4) is 0 Å². The van der Waals surface area contributed by atoms with Crippen molar-refractivity contribution < 1.29 is 4.79 Å². The molecule has 2 N–H and O–H groups in total. The lowest BCUT2D eigenvalue weighted by Crippen LogP contribution is -2.48. The molecule has 0 bridgehead atoms. The van der Waals surface area contributed by atoms with E-state index in [0.29, 0.717) is 6.04 Å². The average Bonchev–Trinajstić information content (AvgIpc) is 2.41. The molecule has 0 spiro atoms. The van der Waals surface area contributed by atoms with Gasteiger partial charge in [-0.05, 0) is 38.0 Å². The second kappa shape index (κ2) is 6.06. The van der Waals surface area contributed by atoms with E-state index in [-0.39, 0.29) is 11.9 Å². The number of amides is 1. The molecule has 0 aliphatic carbocycles. The number of anilines is 1. The van der Waals surface area contributed by atoms with E-state index in [1.165, 1.54) is 0 Å². The summed E-state index contributed by atoms with van der Waals surface area (Å²) in [7, 11) is 3.95. The van der Waals surface area contributed by atoms with Crippen LogP contribution in [0.5, 0.6) is 0 Å². The number of hydrogen-bond acceptors (Lipinski definition) is 3. The minimum atomic E-state index is 0.0186. The first-order valence-electron chi connectivity index (χ1n) is 6.88. The summed E-state index contributed by atoms with van der Waals surface area (Å²) < 4.78 is 0. The Morgan fingerprint density at radius 1 is 1.37 bits per heavy atom. The normalized spacial score (nSPS) is 22.9. The summed E-state index contributed by atoms with van der Waals surface area (Å²) in [6.07, 6.45) is 2.16. The molecule has 1 fully saturated rings. The van der Waals surface area contributed by atoms with Gasteiger partial charge in [-0.1, -0.05) is 6.07 Å². The predicted molar refractivity (Wildman–Crippen MR) is 78.7 cm³/mol. The number of piperidine rings is 1. The van der Waals surface area contributed by atoms with Crippen LogP contribution in [0.1, 0.15) is 30.1 Å². The first-order valence-corrected chi connectivity index (χ1v) is 6.88. The van der Waals surface area contributed by atoms with Gasteiger partial charge in [0.2, 0.25) is 0 Å². The quantitative estimate of drug-likeness (QED) is 0.869. The lowest BCUT2D eigenvalue weighted by molar-refractivity contribution is 0.0927. The summed E-state index contributed by atoms with van der Waals surface area (Å²) in [5.41, 5.74) is 1.77. The number of rotatable bonds is 3. The zero-order chi connectivity index (χ0) is 13.8. The lowest BCUT2D eigenvalue weighted by Gasteiger charge is -2.28. The fraction of sp³-hybridized carbons (Fsp3) is 0.533. The van der Waals surface area contributed by atoms with Crippen LogP contribution in [0.3, 0.4) is 0 Å². The van der Waals surface area contributed by atoms with E-state index in [0.717, 1.165) is 30.6 Å². The third-order valence-electron chi connectivity index (χ3n) is 3.62. The highest BCUT2D eigenvalue weighted by molar-refractivity contribution is 5.95. The fourth-order valence-corrected chi connectivity index (χ4v) is 2.32. The number of hydrogen-bond donors (Lipinski definition) is 2. The first-order chi connectivity index (χ1) is 9.06. The van der Waals surface area contributed by atoms with Gasteiger partial charge in [0, 0.05) is 44.0 Å². The largest absolute Gasteiger partial charge is 0.378 e. The molecule has 1 amide bonds. The second-order valence-corrected chi connectivity index (χ2v) is 5.50. The maximum Gasteiger partial charge on any atom is 0.251 e. The van der Waals surface area contributed by atoms with Crippen LogP contribution >= 0.6 is 0 Å². The minimum Gasteiger partial charge on any atom is -0.378 e. The van der Waals surface area contributed by atoms with Gasteiger partial charge in [0.1, 0.15) is 0 Å². The summed E-state index contributed by atoms with van der Waals surface area (Å²) in [6, 6.07) is 8.51. The van der Waals surface area contributed by atoms with E-state index in [1.807, 2.05) is 43.3 Å². The minimum absolute atomic E-state index is 0.0186. The van der Waals surface area contributed by atoms with Crippen molar-refractivity contribution in [2.24, 2.45) is 0 Å². The average molecular weight is 261 g/mol. The fourth-order valence-electron chi connectivity index (χ4n) is 2.32. The maximum absolute atomic E-state index is 12.2. The van der Waals surface area contributed by atoms with Gasteiger partial charge in [-0.3, -0.25) is 4.79 Å². The molecule has 0 saturated carbocycles. The van der Waals surface area contributed by atoms with Crippen molar-refractivity contribution >= 4 is 11.6 Å². The van der Waals surface area contributed by atoms with Crippen molar-refractivity contribution in [3.05, 3.63) is 29.8 Å². The van der Waals surface area contributed by atoms with Crippen LogP contribution in [0.4, 0.5) is 5.69 Å². The summed E-state index contributed by atoms with van der Waals surface area (Å²) in [5.74, 6) is 0.0186. The molecule has 2 atom stereocenters. The first kappa shape index (κ1) is 13.9. The molecule has 1 aromatic rings. The van der Waals surface area contributed by atoms with Gasteiger partial charge in [0.05, 0.1) is 0 Å². The van der Waals surface area contributed by atoms with Crippen LogP contribution in [-0.4, -0.2) is 38.6 Å². The van der Waals surface area contributed by atoms with Crippen LogP contribution < -0.4 is 15.5 Å². The zero-order valence-electron chi connectivity index (χ0n) is 11.9. The van der Waals surface area contributed by atoms with Crippen LogP contribution in [0.25, 0.3) is 0 Å². The monoisotopic (exact) mass is 261 g/mol. The lowest BCUT2D eigenvalue weighted by atomic mass is 10.0. The van der Waals surface area contributed by atoms with Crippen LogP contribution in [0.2, 0.25) is 0 Å². The number of nitrogens with one attached hydrogen (secondary N) is 2. The summed E-state index contributed by atoms with van der Waals surface area (Å²) in [5, 5.41) is 6.50. The zero-order valence-corrected chi connectivity index (χ0v) is 11.9. The Morgan fingerprint density at radius 3 is 2.79 bits per heavy atom. The van der Waals surface area contributed by atoms with Gasteiger partial charge < -0.3 is 15.5 Å². The molecule has 1 aliphatic rings. The van der Waals surface area contributed by atoms with E-state index in [9.17, 15) is 4.79 Å². The van der Waals surface area contributed by atoms with Gasteiger partial charge in [-0.2, -0.15) is 0 Å². The molecule has 1 aliphatic heterocycles. The van der Waals surface area contributed by atoms with E-state index >= 15 is 0 Å². The summed E-state index contributed by atoms with van der Waals surface area (Å²) in [6.45, 7) is 3.04. The van der Waals surface area contributed by atoms with Crippen LogP contribution in [0, 0.1) is 0 Å². The molecule has 0 aromatic heterocycles. The van der Waals surface area contributed by atoms with E-state index < -0.39 is 0 Å². The van der Waals surface area contributed by atoms with Crippen LogP contribution in [-0.2, 0) is 0 Å². The van der Waals surface area contributed by atoms with Crippen molar-refractivity contribution in [2.75, 3.05) is 25.5 Å². The van der Waals surface area contributed by atoms with Crippen LogP contribution in [0.15, 0.2) is 24.3 Å². The molecule has 4 heteroatoms. The highest BCUT2D eigenvalue weighted by Crippen LogP contribution is 2.14. The van der Waals surface area contributed by atoms with Crippen molar-refractivity contribution in [1.29, 1.82) is 0 Å². The van der Waals surface area contributed by atoms with Gasteiger partial charge >= 0.3 is 0 Å². The van der Waals surface area contributed by atoms with E-state index in [4.69, 9.17) is 0 Å². The molecule has 2 unspecified atom stereocenters. The Morgan fingerprint density at radius 2 is 2.16 bits per heavy atom. The Kier molecular flexibility index (Phi) is 4.43. The molecular weight excluding hydrogens is 238 g/mol. The summed E-state index contributed by atoms with van der Waals surface area (Å²) in [4.78, 5) is 14.2. The molecule has 0 radical (unpaired) electrons. The number of carbonyl (C=O) groups excluding carboxylic acids is 1. The smallest absolute Gasteiger partial charge is 0.251 e. The van der Waals surface area contributed by atoms with Crippen molar-refractivity contribution in [1.82, 2.24) is 10.6 Å². The van der Waals surface area contributed by atoms with Crippen molar-refractivity contribution in [3.63, 3.8) is 0 Å². The Balaban J connectivity index is 1.98. The van der Waals surface area contributed by atoms with E-state index in [2.05, 4.69) is 17.6 Å². The Labute approximate surface area is 115 Å². The second-order valence-electron chi connectivity index (χ2n) is 5.50. The maximum atomic E-state index is 12.2. The number of carbonyl (C=O) groups is 1. The molecular formula is C15H23N3O. The van der Waals surface area contributed by atoms with Crippen molar-refractivity contribution in [2.45, 2.75) is 31.8 Å². The number of benzene rings is 1. The standard InChI is InChI=1S/C15H23N3O/c1-11-7-8-13(10-16-11)17-15(19)12-5-4-6-14(9-12)18(2)3/h4-6,9,11,13,16H,7-8,10H2,1-3H3,(H,17,19). The molecule has 1 saturated heterocycles.